The quantitative estimate of drug-likeness (QED) is 0.811. The molecule has 0 spiro atoms. The van der Waals surface area contributed by atoms with Crippen LogP contribution in [0.25, 0.3) is 0 Å². The van der Waals surface area contributed by atoms with Crippen LogP contribution in [0.15, 0.2) is 22.7 Å². The van der Waals surface area contributed by atoms with E-state index in [-0.39, 0.29) is 24.4 Å². The average molecular weight is 418 g/mol. The first-order chi connectivity index (χ1) is 11.1. The zero-order chi connectivity index (χ0) is 16.4. The van der Waals surface area contributed by atoms with Gasteiger partial charge in [-0.3, -0.25) is 4.79 Å². The summed E-state index contributed by atoms with van der Waals surface area (Å²) in [5.74, 6) is 1.70. The van der Waals surface area contributed by atoms with Crippen molar-refractivity contribution in [3.8, 4) is 5.75 Å². The number of carbonyl (C=O) groups excluding carboxylic acids is 1. The molecule has 2 aliphatic rings. The highest BCUT2D eigenvalue weighted by Crippen LogP contribution is 2.34. The summed E-state index contributed by atoms with van der Waals surface area (Å²) in [6.45, 7) is 0.564. The molecule has 2 fully saturated rings. The molecule has 6 heteroatoms. The van der Waals surface area contributed by atoms with Gasteiger partial charge in [-0.05, 0) is 43.4 Å². The number of hydrogen-bond acceptors (Lipinski definition) is 3. The molecular formula is C18H26BrClN2O2. The van der Waals surface area contributed by atoms with Gasteiger partial charge in [0.25, 0.3) is 0 Å². The molecule has 1 heterocycles. The molecule has 3 atom stereocenters. The van der Waals surface area contributed by atoms with Gasteiger partial charge >= 0.3 is 0 Å². The number of amides is 1. The van der Waals surface area contributed by atoms with E-state index in [1.165, 1.54) is 25.7 Å². The monoisotopic (exact) mass is 416 g/mol. The fraction of sp³-hybridized carbons (Fsp3) is 0.611. The van der Waals surface area contributed by atoms with Crippen LogP contribution in [-0.2, 0) is 11.3 Å². The van der Waals surface area contributed by atoms with Gasteiger partial charge in [0.1, 0.15) is 5.75 Å². The zero-order valence-corrected chi connectivity index (χ0v) is 16.7. The number of ether oxygens (including phenoxy) is 1. The number of benzene rings is 1. The van der Waals surface area contributed by atoms with E-state index >= 15 is 0 Å². The standard InChI is InChI=1S/C18H25BrN2O2.ClH/c1-21(11-13-9-14(19)7-8-17(13)23-2)18(22)16-10-12-5-3-4-6-15(12)20-16;/h7-9,12,15-16,20H,3-6,10-11H2,1-2H3;1H. The van der Waals surface area contributed by atoms with Crippen molar-refractivity contribution in [2.75, 3.05) is 14.2 Å². The van der Waals surface area contributed by atoms with Crippen molar-refractivity contribution in [1.29, 1.82) is 0 Å². The van der Waals surface area contributed by atoms with Crippen molar-refractivity contribution >= 4 is 34.2 Å². The summed E-state index contributed by atoms with van der Waals surface area (Å²) in [6.07, 6.45) is 6.08. The first kappa shape index (κ1) is 19.5. The predicted octanol–water partition coefficient (Wildman–Crippen LogP) is 3.76. The van der Waals surface area contributed by atoms with Crippen LogP contribution < -0.4 is 10.1 Å². The van der Waals surface area contributed by atoms with Crippen molar-refractivity contribution < 1.29 is 9.53 Å². The maximum Gasteiger partial charge on any atom is 0.239 e. The van der Waals surface area contributed by atoms with Crippen LogP contribution in [0.5, 0.6) is 5.75 Å². The van der Waals surface area contributed by atoms with E-state index in [0.717, 1.165) is 22.2 Å². The number of hydrogen-bond donors (Lipinski definition) is 1. The van der Waals surface area contributed by atoms with Crippen LogP contribution in [0.3, 0.4) is 0 Å². The van der Waals surface area contributed by atoms with Crippen molar-refractivity contribution in [1.82, 2.24) is 10.2 Å². The number of nitrogens with one attached hydrogen (secondary N) is 1. The minimum atomic E-state index is -0.0220. The minimum Gasteiger partial charge on any atom is -0.496 e. The first-order valence-corrected chi connectivity index (χ1v) is 9.21. The van der Waals surface area contributed by atoms with Gasteiger partial charge in [0, 0.05) is 29.7 Å². The number of halogens is 2. The van der Waals surface area contributed by atoms with Crippen LogP contribution in [-0.4, -0.2) is 37.0 Å². The molecule has 3 rings (SSSR count). The normalized spacial score (nSPS) is 25.5. The highest BCUT2D eigenvalue weighted by molar-refractivity contribution is 9.10. The lowest BCUT2D eigenvalue weighted by molar-refractivity contribution is -0.132. The molecule has 1 aliphatic heterocycles. The van der Waals surface area contributed by atoms with Crippen molar-refractivity contribution in [2.24, 2.45) is 5.92 Å². The third kappa shape index (κ3) is 4.24. The molecule has 1 N–H and O–H groups in total. The van der Waals surface area contributed by atoms with E-state index in [9.17, 15) is 4.79 Å². The predicted molar refractivity (Wildman–Crippen MR) is 102 cm³/mol. The lowest BCUT2D eigenvalue weighted by Gasteiger charge is -2.24. The Balaban J connectivity index is 0.00000208. The van der Waals surface area contributed by atoms with Crippen LogP contribution >= 0.6 is 28.3 Å². The summed E-state index contributed by atoms with van der Waals surface area (Å²) in [7, 11) is 3.55. The van der Waals surface area contributed by atoms with E-state index in [1.807, 2.05) is 30.1 Å². The third-order valence-corrected chi connectivity index (χ3v) is 5.68. The molecule has 1 amide bonds. The molecule has 1 aliphatic carbocycles. The van der Waals surface area contributed by atoms with Crippen LogP contribution in [0.4, 0.5) is 0 Å². The average Bonchev–Trinajstić information content (AvgIpc) is 2.98. The fourth-order valence-corrected chi connectivity index (χ4v) is 4.39. The van der Waals surface area contributed by atoms with E-state index < -0.39 is 0 Å². The highest BCUT2D eigenvalue weighted by Gasteiger charge is 2.39. The van der Waals surface area contributed by atoms with Gasteiger partial charge in [-0.25, -0.2) is 0 Å². The van der Waals surface area contributed by atoms with E-state index in [2.05, 4.69) is 21.2 Å². The summed E-state index contributed by atoms with van der Waals surface area (Å²) in [6, 6.07) is 6.43. The fourth-order valence-electron chi connectivity index (χ4n) is 3.98. The number of likely N-dealkylation sites (N-methyl/N-ethyl adjacent to an activating group) is 1. The Labute approximate surface area is 158 Å². The topological polar surface area (TPSA) is 41.6 Å². The van der Waals surface area contributed by atoms with Gasteiger partial charge in [-0.2, -0.15) is 0 Å². The van der Waals surface area contributed by atoms with Crippen molar-refractivity contribution in [2.45, 2.75) is 50.7 Å². The molecule has 1 aromatic carbocycles. The number of nitrogens with zero attached hydrogens (tertiary/aromatic N) is 1. The van der Waals surface area contributed by atoms with E-state index in [4.69, 9.17) is 4.74 Å². The number of carbonyl (C=O) groups is 1. The SMILES string of the molecule is COc1ccc(Br)cc1CN(C)C(=O)C1CC2CCCCC2N1.Cl. The first-order valence-electron chi connectivity index (χ1n) is 8.42. The van der Waals surface area contributed by atoms with Gasteiger partial charge in [-0.15, -0.1) is 12.4 Å². The summed E-state index contributed by atoms with van der Waals surface area (Å²) in [5.41, 5.74) is 1.02. The third-order valence-electron chi connectivity index (χ3n) is 5.19. The van der Waals surface area contributed by atoms with Crippen molar-refractivity contribution in [3.05, 3.63) is 28.2 Å². The lowest BCUT2D eigenvalue weighted by atomic mass is 9.85. The Morgan fingerprint density at radius 1 is 1.38 bits per heavy atom. The molecule has 24 heavy (non-hydrogen) atoms. The van der Waals surface area contributed by atoms with Gasteiger partial charge in [0.2, 0.25) is 5.91 Å². The second kappa shape index (κ2) is 8.54. The Morgan fingerprint density at radius 3 is 2.83 bits per heavy atom. The van der Waals surface area contributed by atoms with Gasteiger partial charge in [-0.1, -0.05) is 28.8 Å². The summed E-state index contributed by atoms with van der Waals surface area (Å²) in [4.78, 5) is 14.6. The Kier molecular flexibility index (Phi) is 6.96. The molecule has 1 saturated carbocycles. The van der Waals surface area contributed by atoms with Crippen LogP contribution in [0, 0.1) is 5.92 Å². The molecule has 1 saturated heterocycles. The number of fused-ring (bicyclic) bond motifs is 1. The molecule has 0 bridgehead atoms. The van der Waals surface area contributed by atoms with Crippen LogP contribution in [0.1, 0.15) is 37.7 Å². The molecule has 0 aromatic heterocycles. The molecule has 4 nitrogen and oxygen atoms in total. The van der Waals surface area contributed by atoms with Crippen molar-refractivity contribution in [3.63, 3.8) is 0 Å². The molecule has 0 radical (unpaired) electrons. The van der Waals surface area contributed by atoms with Gasteiger partial charge < -0.3 is 15.0 Å². The summed E-state index contributed by atoms with van der Waals surface area (Å²) < 4.78 is 6.41. The second-order valence-electron chi connectivity index (χ2n) is 6.76. The summed E-state index contributed by atoms with van der Waals surface area (Å²) in [5, 5.41) is 3.57. The molecule has 1 aromatic rings. The molecule has 134 valence electrons. The largest absolute Gasteiger partial charge is 0.496 e. The number of rotatable bonds is 4. The Bertz CT molecular complexity index is 570. The van der Waals surface area contributed by atoms with Gasteiger partial charge in [0.15, 0.2) is 0 Å². The zero-order valence-electron chi connectivity index (χ0n) is 14.3. The van der Waals surface area contributed by atoms with E-state index in [0.29, 0.717) is 18.5 Å². The maximum atomic E-state index is 12.8. The smallest absolute Gasteiger partial charge is 0.239 e. The highest BCUT2D eigenvalue weighted by atomic mass is 79.9. The minimum absolute atomic E-state index is 0. The van der Waals surface area contributed by atoms with Gasteiger partial charge in [0.05, 0.1) is 13.2 Å². The maximum absolute atomic E-state index is 12.8. The molecule has 3 unspecified atom stereocenters. The van der Waals surface area contributed by atoms with Crippen LogP contribution in [0.2, 0.25) is 0 Å². The molecular weight excluding hydrogens is 392 g/mol. The lowest BCUT2D eigenvalue weighted by Crippen LogP contribution is -2.43. The Hall–Kier alpha value is -0.780. The Morgan fingerprint density at radius 2 is 2.12 bits per heavy atom. The second-order valence-corrected chi connectivity index (χ2v) is 7.67. The summed E-state index contributed by atoms with van der Waals surface area (Å²) >= 11 is 3.49. The number of methoxy groups -OCH3 is 1. The van der Waals surface area contributed by atoms with E-state index in [1.54, 1.807) is 7.11 Å².